The highest BCUT2D eigenvalue weighted by Gasteiger charge is 2.20. The minimum atomic E-state index is -0.813. The van der Waals surface area contributed by atoms with E-state index in [9.17, 15) is 8.78 Å². The summed E-state index contributed by atoms with van der Waals surface area (Å²) in [6.07, 6.45) is 2.15. The van der Waals surface area contributed by atoms with Crippen molar-refractivity contribution in [2.24, 2.45) is 4.99 Å². The number of hydrogen-bond donors (Lipinski definition) is 2. The molecule has 1 aliphatic rings. The van der Waals surface area contributed by atoms with Crippen molar-refractivity contribution >= 4 is 17.3 Å². The van der Waals surface area contributed by atoms with E-state index in [0.29, 0.717) is 12.6 Å². The van der Waals surface area contributed by atoms with E-state index in [2.05, 4.69) is 37.4 Å². The van der Waals surface area contributed by atoms with Gasteiger partial charge in [0.05, 0.1) is 0 Å². The highest BCUT2D eigenvalue weighted by Crippen LogP contribution is 2.18. The molecule has 2 aromatic rings. The molecule has 0 amide bonds. The van der Waals surface area contributed by atoms with Crippen LogP contribution in [0.25, 0.3) is 0 Å². The van der Waals surface area contributed by atoms with Gasteiger partial charge >= 0.3 is 0 Å². The standard InChI is InChI=1S/C21H28F2N4S/c1-15(17-3-4-19(22)20(23)11-17)12-25-21(24-2)26-18-5-8-27(9-6-18)13-16-7-10-28-14-16/h3-4,7,10-11,14-15,18H,5-6,8-9,12-13H2,1-2H3,(H2,24,25,26). The van der Waals surface area contributed by atoms with Crippen LogP contribution in [0, 0.1) is 11.6 Å². The smallest absolute Gasteiger partial charge is 0.191 e. The maximum atomic E-state index is 13.4. The summed E-state index contributed by atoms with van der Waals surface area (Å²) >= 11 is 1.75. The summed E-state index contributed by atoms with van der Waals surface area (Å²) in [6, 6.07) is 6.65. The maximum absolute atomic E-state index is 13.4. The quantitative estimate of drug-likeness (QED) is 0.564. The molecular weight excluding hydrogens is 378 g/mol. The number of halogens is 2. The molecule has 1 aliphatic heterocycles. The molecular formula is C21H28F2N4S. The lowest BCUT2D eigenvalue weighted by Gasteiger charge is -2.33. The number of guanidine groups is 1. The third kappa shape index (κ3) is 5.75. The van der Waals surface area contributed by atoms with Gasteiger partial charge in [-0.3, -0.25) is 9.89 Å². The van der Waals surface area contributed by atoms with Crippen LogP contribution in [-0.2, 0) is 6.54 Å². The molecule has 2 N–H and O–H groups in total. The van der Waals surface area contributed by atoms with Gasteiger partial charge in [-0.15, -0.1) is 0 Å². The molecule has 1 aromatic carbocycles. The number of benzene rings is 1. The lowest BCUT2D eigenvalue weighted by atomic mass is 10.0. The fourth-order valence-corrected chi connectivity index (χ4v) is 4.11. The molecule has 1 unspecified atom stereocenters. The molecule has 7 heteroatoms. The summed E-state index contributed by atoms with van der Waals surface area (Å²) in [5.41, 5.74) is 2.16. The number of nitrogens with one attached hydrogen (secondary N) is 2. The Balaban J connectivity index is 1.42. The average Bonchev–Trinajstić information content (AvgIpc) is 3.21. The average molecular weight is 407 g/mol. The molecule has 0 aliphatic carbocycles. The van der Waals surface area contributed by atoms with Crippen molar-refractivity contribution in [1.82, 2.24) is 15.5 Å². The second kappa shape index (κ2) is 9.98. The summed E-state index contributed by atoms with van der Waals surface area (Å²) in [4.78, 5) is 6.80. The number of thiophene rings is 1. The van der Waals surface area contributed by atoms with Crippen molar-refractivity contribution in [3.05, 3.63) is 57.8 Å². The molecule has 1 aromatic heterocycles. The molecule has 0 spiro atoms. The van der Waals surface area contributed by atoms with Crippen LogP contribution in [0.1, 0.15) is 36.8 Å². The van der Waals surface area contributed by atoms with E-state index in [4.69, 9.17) is 0 Å². The highest BCUT2D eigenvalue weighted by molar-refractivity contribution is 7.07. The van der Waals surface area contributed by atoms with E-state index in [1.807, 2.05) is 6.92 Å². The zero-order valence-electron chi connectivity index (χ0n) is 16.4. The van der Waals surface area contributed by atoms with Crippen LogP contribution >= 0.6 is 11.3 Å². The molecule has 1 atom stereocenters. The van der Waals surface area contributed by atoms with Gasteiger partial charge in [-0.2, -0.15) is 11.3 Å². The number of rotatable bonds is 6. The van der Waals surface area contributed by atoms with Crippen molar-refractivity contribution in [1.29, 1.82) is 0 Å². The first-order chi connectivity index (χ1) is 13.5. The Morgan fingerprint density at radius 1 is 1.25 bits per heavy atom. The van der Waals surface area contributed by atoms with Gasteiger partial charge in [-0.25, -0.2) is 8.78 Å². The lowest BCUT2D eigenvalue weighted by molar-refractivity contribution is 0.198. The Morgan fingerprint density at radius 2 is 2.04 bits per heavy atom. The van der Waals surface area contributed by atoms with Crippen molar-refractivity contribution in [3.8, 4) is 0 Å². The molecule has 3 rings (SSSR count). The summed E-state index contributed by atoms with van der Waals surface area (Å²) in [5, 5.41) is 11.1. The predicted molar refractivity (Wildman–Crippen MR) is 112 cm³/mol. The monoisotopic (exact) mass is 406 g/mol. The molecule has 0 bridgehead atoms. The zero-order valence-corrected chi connectivity index (χ0v) is 17.2. The number of aliphatic imine (C=N–C) groups is 1. The fraction of sp³-hybridized carbons (Fsp3) is 0.476. The van der Waals surface area contributed by atoms with E-state index < -0.39 is 11.6 Å². The molecule has 0 radical (unpaired) electrons. The van der Waals surface area contributed by atoms with Gasteiger partial charge in [0.15, 0.2) is 17.6 Å². The van der Waals surface area contributed by atoms with Gasteiger partial charge in [0.25, 0.3) is 0 Å². The van der Waals surface area contributed by atoms with Crippen molar-refractivity contribution in [3.63, 3.8) is 0 Å². The summed E-state index contributed by atoms with van der Waals surface area (Å²) < 4.78 is 26.5. The minimum absolute atomic E-state index is 0.0427. The molecule has 0 saturated carbocycles. The third-order valence-corrected chi connectivity index (χ3v) is 5.96. The topological polar surface area (TPSA) is 39.7 Å². The van der Waals surface area contributed by atoms with Crippen LogP contribution < -0.4 is 10.6 Å². The molecule has 1 saturated heterocycles. The SMILES string of the molecule is CN=C(NCC(C)c1ccc(F)c(F)c1)NC1CCN(Cc2ccsc2)CC1. The Kier molecular flexibility index (Phi) is 7.39. The number of nitrogens with zero attached hydrogens (tertiary/aromatic N) is 2. The summed E-state index contributed by atoms with van der Waals surface area (Å²) in [7, 11) is 1.75. The van der Waals surface area contributed by atoms with E-state index in [0.717, 1.165) is 44.0 Å². The van der Waals surface area contributed by atoms with Crippen LogP contribution in [0.4, 0.5) is 8.78 Å². The Morgan fingerprint density at radius 3 is 2.68 bits per heavy atom. The molecule has 152 valence electrons. The minimum Gasteiger partial charge on any atom is -0.356 e. The largest absolute Gasteiger partial charge is 0.356 e. The van der Waals surface area contributed by atoms with Gasteiger partial charge in [0, 0.05) is 39.3 Å². The third-order valence-electron chi connectivity index (χ3n) is 5.23. The van der Waals surface area contributed by atoms with Crippen molar-refractivity contribution in [2.45, 2.75) is 38.3 Å². The van der Waals surface area contributed by atoms with Crippen LogP contribution in [0.2, 0.25) is 0 Å². The summed E-state index contributed by atoms with van der Waals surface area (Å²) in [6.45, 7) is 5.73. The van der Waals surface area contributed by atoms with Crippen molar-refractivity contribution in [2.75, 3.05) is 26.7 Å². The second-order valence-corrected chi connectivity index (χ2v) is 8.13. The lowest BCUT2D eigenvalue weighted by Crippen LogP contribution is -2.49. The second-order valence-electron chi connectivity index (χ2n) is 7.35. The van der Waals surface area contributed by atoms with E-state index in [-0.39, 0.29) is 5.92 Å². The zero-order chi connectivity index (χ0) is 19.9. The van der Waals surface area contributed by atoms with Gasteiger partial charge in [0.2, 0.25) is 0 Å². The van der Waals surface area contributed by atoms with E-state index >= 15 is 0 Å². The first-order valence-corrected chi connectivity index (χ1v) is 10.6. The van der Waals surface area contributed by atoms with Crippen LogP contribution in [-0.4, -0.2) is 43.6 Å². The van der Waals surface area contributed by atoms with Crippen LogP contribution in [0.3, 0.4) is 0 Å². The first-order valence-electron chi connectivity index (χ1n) is 9.70. The van der Waals surface area contributed by atoms with Crippen LogP contribution in [0.5, 0.6) is 0 Å². The van der Waals surface area contributed by atoms with Gasteiger partial charge in [-0.1, -0.05) is 13.0 Å². The van der Waals surface area contributed by atoms with E-state index in [1.54, 1.807) is 24.5 Å². The van der Waals surface area contributed by atoms with E-state index in [1.165, 1.54) is 17.7 Å². The van der Waals surface area contributed by atoms with Gasteiger partial charge in [-0.05, 0) is 58.8 Å². The summed E-state index contributed by atoms with van der Waals surface area (Å²) in [5.74, 6) is -0.820. The van der Waals surface area contributed by atoms with Crippen LogP contribution in [0.15, 0.2) is 40.0 Å². The number of piperidine rings is 1. The fourth-order valence-electron chi connectivity index (χ4n) is 3.45. The normalized spacial score (nSPS) is 17.5. The first kappa shape index (κ1) is 20.7. The molecule has 2 heterocycles. The Bertz CT molecular complexity index is 771. The number of hydrogen-bond acceptors (Lipinski definition) is 3. The van der Waals surface area contributed by atoms with Gasteiger partial charge in [0.1, 0.15) is 0 Å². The van der Waals surface area contributed by atoms with Crippen molar-refractivity contribution < 1.29 is 8.78 Å². The molecule has 1 fully saturated rings. The molecule has 4 nitrogen and oxygen atoms in total. The molecule has 28 heavy (non-hydrogen) atoms. The predicted octanol–water partition coefficient (Wildman–Crippen LogP) is 3.96. The Labute approximate surface area is 169 Å². The Hall–Kier alpha value is -1.99. The highest BCUT2D eigenvalue weighted by atomic mass is 32.1. The number of likely N-dealkylation sites (tertiary alicyclic amines) is 1. The maximum Gasteiger partial charge on any atom is 0.191 e. The van der Waals surface area contributed by atoms with Gasteiger partial charge < -0.3 is 10.6 Å².